The third kappa shape index (κ3) is 1.30. The zero-order valence-corrected chi connectivity index (χ0v) is 6.39. The van der Waals surface area contributed by atoms with E-state index in [2.05, 4.69) is 6.07 Å². The maximum absolute atomic E-state index is 8.73. The number of nitriles is 1. The lowest BCUT2D eigenvalue weighted by atomic mass is 9.71. The molecule has 56 valence electrons. The van der Waals surface area contributed by atoms with E-state index in [9.17, 15) is 0 Å². The van der Waals surface area contributed by atoms with Crippen LogP contribution >= 0.6 is 0 Å². The monoisotopic (exact) mass is 139 g/mol. The molecule has 0 bridgehead atoms. The molecule has 10 heavy (non-hydrogen) atoms. The summed E-state index contributed by atoms with van der Waals surface area (Å²) in [6.45, 7) is 3.33. The summed E-state index contributed by atoms with van der Waals surface area (Å²) >= 11 is 0. The highest BCUT2D eigenvalue weighted by molar-refractivity contribution is 5.04. The molecule has 0 unspecified atom stereocenters. The molecule has 0 aromatic carbocycles. The first kappa shape index (κ1) is 7.56. The van der Waals surface area contributed by atoms with E-state index in [0.717, 1.165) is 19.4 Å². The molecule has 0 radical (unpaired) electrons. The smallest absolute Gasteiger partial charge is 0.0807 e. The van der Waals surface area contributed by atoms with Crippen LogP contribution in [-0.2, 0) is 4.74 Å². The summed E-state index contributed by atoms with van der Waals surface area (Å²) in [5.74, 6) is 0. The van der Waals surface area contributed by atoms with Crippen LogP contribution in [0, 0.1) is 16.7 Å². The number of rotatable bonds is 3. The van der Waals surface area contributed by atoms with Crippen LogP contribution in [0.2, 0.25) is 0 Å². The second-order valence-electron chi connectivity index (χ2n) is 2.88. The van der Waals surface area contributed by atoms with Crippen molar-refractivity contribution in [3.8, 4) is 6.07 Å². The minimum absolute atomic E-state index is 0.101. The second kappa shape index (κ2) is 3.03. The van der Waals surface area contributed by atoms with E-state index in [1.165, 1.54) is 6.42 Å². The zero-order valence-electron chi connectivity index (χ0n) is 6.39. The van der Waals surface area contributed by atoms with E-state index in [0.29, 0.717) is 6.61 Å². The molecule has 1 fully saturated rings. The summed E-state index contributed by atoms with van der Waals surface area (Å²) in [4.78, 5) is 0. The standard InChI is InChI=1S/C8H13NO/c1-2-10-7-8(6-9)4-3-5-8/h2-5,7H2,1H3. The minimum atomic E-state index is -0.101. The van der Waals surface area contributed by atoms with Gasteiger partial charge in [0, 0.05) is 6.61 Å². The Morgan fingerprint density at radius 3 is 2.60 bits per heavy atom. The van der Waals surface area contributed by atoms with Crippen molar-refractivity contribution in [3.63, 3.8) is 0 Å². The fourth-order valence-corrected chi connectivity index (χ4v) is 1.19. The predicted octanol–water partition coefficient (Wildman–Crippen LogP) is 1.72. The third-order valence-electron chi connectivity index (χ3n) is 2.13. The van der Waals surface area contributed by atoms with Gasteiger partial charge in [-0.25, -0.2) is 0 Å². The molecule has 1 aliphatic carbocycles. The molecule has 1 aliphatic rings. The van der Waals surface area contributed by atoms with Crippen molar-refractivity contribution in [3.05, 3.63) is 0 Å². The van der Waals surface area contributed by atoms with Gasteiger partial charge >= 0.3 is 0 Å². The maximum atomic E-state index is 8.73. The van der Waals surface area contributed by atoms with Gasteiger partial charge in [-0.3, -0.25) is 0 Å². The van der Waals surface area contributed by atoms with Crippen molar-refractivity contribution in [2.75, 3.05) is 13.2 Å². The van der Waals surface area contributed by atoms with Crippen molar-refractivity contribution in [2.45, 2.75) is 26.2 Å². The van der Waals surface area contributed by atoms with Gasteiger partial charge in [0.25, 0.3) is 0 Å². The molecule has 0 atom stereocenters. The van der Waals surface area contributed by atoms with Crippen molar-refractivity contribution in [1.82, 2.24) is 0 Å². The second-order valence-corrected chi connectivity index (χ2v) is 2.88. The van der Waals surface area contributed by atoms with Gasteiger partial charge < -0.3 is 4.74 Å². The lowest BCUT2D eigenvalue weighted by Crippen LogP contribution is -2.32. The summed E-state index contributed by atoms with van der Waals surface area (Å²) in [6.07, 6.45) is 3.26. The molecule has 0 aliphatic heterocycles. The first-order valence-corrected chi connectivity index (χ1v) is 3.82. The van der Waals surface area contributed by atoms with E-state index < -0.39 is 0 Å². The van der Waals surface area contributed by atoms with Crippen molar-refractivity contribution < 1.29 is 4.74 Å². The van der Waals surface area contributed by atoms with Gasteiger partial charge in [-0.1, -0.05) is 6.42 Å². The van der Waals surface area contributed by atoms with E-state index in [1.54, 1.807) is 0 Å². The first-order chi connectivity index (χ1) is 4.83. The molecule has 0 aromatic heterocycles. The summed E-state index contributed by atoms with van der Waals surface area (Å²) < 4.78 is 5.21. The van der Waals surface area contributed by atoms with Gasteiger partial charge in [0.2, 0.25) is 0 Å². The number of ether oxygens (including phenoxy) is 1. The highest BCUT2D eigenvalue weighted by Gasteiger charge is 2.37. The summed E-state index contributed by atoms with van der Waals surface area (Å²) in [5, 5.41) is 8.73. The Hall–Kier alpha value is -0.550. The Morgan fingerprint density at radius 2 is 2.30 bits per heavy atom. The topological polar surface area (TPSA) is 33.0 Å². The van der Waals surface area contributed by atoms with Crippen LogP contribution in [0.25, 0.3) is 0 Å². The van der Waals surface area contributed by atoms with E-state index in [4.69, 9.17) is 10.00 Å². The van der Waals surface area contributed by atoms with Gasteiger partial charge in [-0.05, 0) is 19.8 Å². The fourth-order valence-electron chi connectivity index (χ4n) is 1.19. The molecule has 1 rings (SSSR count). The Labute approximate surface area is 61.8 Å². The van der Waals surface area contributed by atoms with Crippen LogP contribution in [0.4, 0.5) is 0 Å². The van der Waals surface area contributed by atoms with Crippen molar-refractivity contribution in [1.29, 1.82) is 5.26 Å². The molecule has 0 saturated heterocycles. The molecule has 0 spiro atoms. The van der Waals surface area contributed by atoms with Crippen LogP contribution in [0.3, 0.4) is 0 Å². The van der Waals surface area contributed by atoms with Crippen LogP contribution in [0.1, 0.15) is 26.2 Å². The molecule has 1 saturated carbocycles. The molecule has 0 aromatic rings. The lowest BCUT2D eigenvalue weighted by Gasteiger charge is -2.34. The van der Waals surface area contributed by atoms with Gasteiger partial charge in [0.05, 0.1) is 18.1 Å². The average molecular weight is 139 g/mol. The number of hydrogen-bond donors (Lipinski definition) is 0. The fraction of sp³-hybridized carbons (Fsp3) is 0.875. The molecule has 0 heterocycles. The number of nitrogens with zero attached hydrogens (tertiary/aromatic N) is 1. The van der Waals surface area contributed by atoms with Crippen LogP contribution < -0.4 is 0 Å². The molecule has 2 nitrogen and oxygen atoms in total. The molecule has 0 N–H and O–H groups in total. The van der Waals surface area contributed by atoms with E-state index in [-0.39, 0.29) is 5.41 Å². The first-order valence-electron chi connectivity index (χ1n) is 3.82. The van der Waals surface area contributed by atoms with Gasteiger partial charge in [-0.15, -0.1) is 0 Å². The van der Waals surface area contributed by atoms with Crippen LogP contribution in [-0.4, -0.2) is 13.2 Å². The Kier molecular flexibility index (Phi) is 2.29. The molecular weight excluding hydrogens is 126 g/mol. The largest absolute Gasteiger partial charge is 0.380 e. The lowest BCUT2D eigenvalue weighted by molar-refractivity contribution is 0.0374. The van der Waals surface area contributed by atoms with Crippen LogP contribution in [0.15, 0.2) is 0 Å². The average Bonchev–Trinajstić information content (AvgIpc) is 1.87. The molecule has 0 amide bonds. The summed E-state index contributed by atoms with van der Waals surface area (Å²) in [5.41, 5.74) is -0.101. The number of hydrogen-bond acceptors (Lipinski definition) is 2. The Balaban J connectivity index is 2.29. The van der Waals surface area contributed by atoms with Gasteiger partial charge in [0.1, 0.15) is 0 Å². The Bertz CT molecular complexity index is 144. The highest BCUT2D eigenvalue weighted by Crippen LogP contribution is 2.40. The van der Waals surface area contributed by atoms with Gasteiger partial charge in [0.15, 0.2) is 0 Å². The third-order valence-corrected chi connectivity index (χ3v) is 2.13. The van der Waals surface area contributed by atoms with Crippen molar-refractivity contribution in [2.24, 2.45) is 5.41 Å². The SMILES string of the molecule is CCOCC1(C#N)CCC1. The minimum Gasteiger partial charge on any atom is -0.380 e. The highest BCUT2D eigenvalue weighted by atomic mass is 16.5. The Morgan fingerprint density at radius 1 is 1.60 bits per heavy atom. The van der Waals surface area contributed by atoms with Crippen molar-refractivity contribution >= 4 is 0 Å². The zero-order chi connectivity index (χ0) is 7.45. The quantitative estimate of drug-likeness (QED) is 0.596. The predicted molar refractivity (Wildman–Crippen MR) is 38.4 cm³/mol. The van der Waals surface area contributed by atoms with Crippen LogP contribution in [0.5, 0.6) is 0 Å². The van der Waals surface area contributed by atoms with E-state index >= 15 is 0 Å². The summed E-state index contributed by atoms with van der Waals surface area (Å²) in [6, 6.07) is 2.32. The van der Waals surface area contributed by atoms with Gasteiger partial charge in [-0.2, -0.15) is 5.26 Å². The maximum Gasteiger partial charge on any atom is 0.0807 e. The molecular formula is C8H13NO. The summed E-state index contributed by atoms with van der Waals surface area (Å²) in [7, 11) is 0. The molecule has 2 heteroatoms. The normalized spacial score (nSPS) is 21.2. The van der Waals surface area contributed by atoms with E-state index in [1.807, 2.05) is 6.92 Å².